The van der Waals surface area contributed by atoms with Crippen molar-refractivity contribution in [3.8, 4) is 28.7 Å². The summed E-state index contributed by atoms with van der Waals surface area (Å²) < 4.78 is 61.0. The lowest BCUT2D eigenvalue weighted by Crippen LogP contribution is -2.11. The third-order valence-electron chi connectivity index (χ3n) is 4.98. The molecule has 0 radical (unpaired) electrons. The van der Waals surface area contributed by atoms with Crippen molar-refractivity contribution in [2.24, 2.45) is 0 Å². The Morgan fingerprint density at radius 1 is 0.634 bits per heavy atom. The van der Waals surface area contributed by atoms with Gasteiger partial charge < -0.3 is 33.2 Å². The van der Waals surface area contributed by atoms with Crippen molar-refractivity contribution < 1.29 is 56.3 Å². The van der Waals surface area contributed by atoms with Gasteiger partial charge in [-0.15, -0.1) is 0 Å². The maximum atomic E-state index is 12.6. The lowest BCUT2D eigenvalue weighted by atomic mass is 10.2. The molecule has 0 saturated heterocycles. The molecular formula is C29H24F2O10. The van der Waals surface area contributed by atoms with E-state index in [1.807, 2.05) is 0 Å². The summed E-state index contributed by atoms with van der Waals surface area (Å²) in [5, 5.41) is 0. The van der Waals surface area contributed by atoms with Crippen LogP contribution in [0.3, 0.4) is 0 Å². The van der Waals surface area contributed by atoms with E-state index in [1.54, 1.807) is 49.4 Å². The highest BCUT2D eigenvalue weighted by molar-refractivity contribution is 5.91. The van der Waals surface area contributed by atoms with Gasteiger partial charge in [-0.05, 0) is 79.2 Å². The van der Waals surface area contributed by atoms with Crippen LogP contribution in [0.5, 0.6) is 28.7 Å². The van der Waals surface area contributed by atoms with Crippen LogP contribution in [0, 0.1) is 6.92 Å². The minimum atomic E-state index is -1.24. The zero-order chi connectivity index (χ0) is 29.8. The molecule has 0 saturated carbocycles. The average Bonchev–Trinajstić information content (AvgIpc) is 2.95. The summed E-state index contributed by atoms with van der Waals surface area (Å²) in [6.07, 6.45) is 0. The molecule has 0 amide bonds. The fourth-order valence-corrected chi connectivity index (χ4v) is 2.95. The summed E-state index contributed by atoms with van der Waals surface area (Å²) in [4.78, 5) is 34.5. The predicted octanol–water partition coefficient (Wildman–Crippen LogP) is 5.35. The molecule has 0 fully saturated rings. The highest BCUT2D eigenvalue weighted by Gasteiger charge is 2.12. The summed E-state index contributed by atoms with van der Waals surface area (Å²) >= 11 is 0. The molecule has 0 aliphatic heterocycles. The van der Waals surface area contributed by atoms with Gasteiger partial charge in [-0.1, -0.05) is 13.2 Å². The van der Waals surface area contributed by atoms with Crippen molar-refractivity contribution in [3.63, 3.8) is 0 Å². The Morgan fingerprint density at radius 2 is 1.07 bits per heavy atom. The van der Waals surface area contributed by atoms with Crippen LogP contribution in [-0.4, -0.2) is 38.3 Å². The molecule has 0 atom stereocenters. The van der Waals surface area contributed by atoms with Gasteiger partial charge in [0.15, 0.2) is 0 Å². The summed E-state index contributed by atoms with van der Waals surface area (Å²) in [7, 11) is 0. The second-order valence-electron chi connectivity index (χ2n) is 7.92. The van der Waals surface area contributed by atoms with E-state index < -0.39 is 43.1 Å². The van der Waals surface area contributed by atoms with E-state index in [1.165, 1.54) is 24.3 Å². The molecule has 0 spiro atoms. The van der Waals surface area contributed by atoms with Gasteiger partial charge in [0.1, 0.15) is 28.7 Å². The molecule has 12 heteroatoms. The van der Waals surface area contributed by atoms with E-state index in [2.05, 4.69) is 22.6 Å². The summed E-state index contributed by atoms with van der Waals surface area (Å²) in [6.45, 7) is 6.29. The molecule has 41 heavy (non-hydrogen) atoms. The summed E-state index contributed by atoms with van der Waals surface area (Å²) in [5.41, 5.74) is 0.920. The number of esters is 3. The molecular weight excluding hydrogens is 546 g/mol. The largest absolute Gasteiger partial charge is 0.457 e. The first-order chi connectivity index (χ1) is 19.6. The fourth-order valence-electron chi connectivity index (χ4n) is 2.95. The van der Waals surface area contributed by atoms with E-state index in [0.29, 0.717) is 22.8 Å². The molecule has 214 valence electrons. The molecule has 0 bridgehead atoms. The van der Waals surface area contributed by atoms with Crippen LogP contribution in [0.15, 0.2) is 91.5 Å². The van der Waals surface area contributed by atoms with E-state index in [9.17, 15) is 23.2 Å². The zero-order valence-electron chi connectivity index (χ0n) is 21.7. The summed E-state index contributed by atoms with van der Waals surface area (Å²) in [6, 6.07) is 16.9. The summed E-state index contributed by atoms with van der Waals surface area (Å²) in [5.74, 6) is -3.59. The van der Waals surface area contributed by atoms with Crippen molar-refractivity contribution >= 4 is 17.9 Å². The molecule has 0 N–H and O–H groups in total. The topological polar surface area (TPSA) is 116 Å². The van der Waals surface area contributed by atoms with Crippen molar-refractivity contribution in [2.45, 2.75) is 6.92 Å². The number of rotatable bonds is 14. The van der Waals surface area contributed by atoms with Crippen LogP contribution >= 0.6 is 0 Å². The minimum Gasteiger partial charge on any atom is -0.457 e. The monoisotopic (exact) mass is 570 g/mol. The molecule has 10 nitrogen and oxygen atoms in total. The van der Waals surface area contributed by atoms with Crippen LogP contribution in [0.4, 0.5) is 8.78 Å². The molecule has 3 aromatic carbocycles. The molecule has 3 aromatic rings. The molecule has 0 unspecified atom stereocenters. The number of hydrogen-bond acceptors (Lipinski definition) is 10. The smallest absolute Gasteiger partial charge is 0.369 e. The predicted molar refractivity (Wildman–Crippen MR) is 139 cm³/mol. The Bertz CT molecular complexity index is 1400. The van der Waals surface area contributed by atoms with E-state index in [4.69, 9.17) is 23.7 Å². The van der Waals surface area contributed by atoms with Crippen LogP contribution in [0.2, 0.25) is 0 Å². The van der Waals surface area contributed by atoms with Crippen molar-refractivity contribution in [2.75, 3.05) is 20.4 Å². The fraction of sp³-hybridized carbons (Fsp3) is 0.138. The van der Waals surface area contributed by atoms with Gasteiger partial charge in [0, 0.05) is 0 Å². The van der Waals surface area contributed by atoms with E-state index in [0.717, 1.165) is 0 Å². The second-order valence-corrected chi connectivity index (χ2v) is 7.92. The van der Waals surface area contributed by atoms with Crippen LogP contribution in [0.25, 0.3) is 0 Å². The first-order valence-electron chi connectivity index (χ1n) is 11.7. The van der Waals surface area contributed by atoms with Gasteiger partial charge in [0.05, 0.1) is 5.56 Å². The van der Waals surface area contributed by atoms with Gasteiger partial charge in [-0.3, -0.25) is 0 Å². The average molecular weight is 570 g/mol. The number of carbonyl (C=O) groups is 3. The lowest BCUT2D eigenvalue weighted by Gasteiger charge is -2.12. The Kier molecular flexibility index (Phi) is 10.8. The Morgan fingerprint density at radius 3 is 1.54 bits per heavy atom. The number of ether oxygens (including phenoxy) is 7. The standard InChI is InChI=1S/C29H24F2O10/c1-18-14-25(41-29(34)21-4-6-22(7-5-21)36-16-39-27(32)19(2)30)12-13-26(18)38-15-35-23-8-10-24(11-9-23)37-17-40-28(33)20(3)31/h4-14H,2-3,15-17H2,1H3. The Hall–Kier alpha value is -5.39. The van der Waals surface area contributed by atoms with Crippen LogP contribution in [0.1, 0.15) is 15.9 Å². The zero-order valence-corrected chi connectivity index (χ0v) is 21.7. The quantitative estimate of drug-likeness (QED) is 0.109. The Balaban J connectivity index is 1.43. The number of benzene rings is 3. The number of aryl methyl sites for hydroxylation is 1. The van der Waals surface area contributed by atoms with Gasteiger partial charge in [0.2, 0.25) is 32.0 Å². The van der Waals surface area contributed by atoms with Gasteiger partial charge >= 0.3 is 17.9 Å². The van der Waals surface area contributed by atoms with Crippen LogP contribution in [-0.2, 0) is 19.1 Å². The van der Waals surface area contributed by atoms with Gasteiger partial charge in [-0.2, -0.15) is 8.78 Å². The van der Waals surface area contributed by atoms with Crippen molar-refractivity contribution in [3.05, 3.63) is 103 Å². The van der Waals surface area contributed by atoms with Gasteiger partial charge in [0.25, 0.3) is 0 Å². The van der Waals surface area contributed by atoms with E-state index >= 15 is 0 Å². The molecule has 0 aromatic heterocycles. The van der Waals surface area contributed by atoms with Gasteiger partial charge in [-0.25, -0.2) is 14.4 Å². The highest BCUT2D eigenvalue weighted by Crippen LogP contribution is 2.25. The van der Waals surface area contributed by atoms with E-state index in [-0.39, 0.29) is 23.9 Å². The first kappa shape index (κ1) is 30.2. The number of hydrogen-bond donors (Lipinski definition) is 0. The highest BCUT2D eigenvalue weighted by atomic mass is 19.1. The normalized spacial score (nSPS) is 10.1. The maximum absolute atomic E-state index is 12.6. The minimum absolute atomic E-state index is 0.118. The Labute approximate surface area is 233 Å². The molecule has 3 rings (SSSR count). The van der Waals surface area contributed by atoms with Crippen LogP contribution < -0.4 is 23.7 Å². The number of halogens is 2. The molecule has 0 heterocycles. The second kappa shape index (κ2) is 14.7. The number of carbonyl (C=O) groups excluding carboxylic acids is 3. The SMILES string of the molecule is C=C(F)C(=O)OCOc1ccc(OCOc2ccc(OC(=O)c3ccc(OCOC(=O)C(=C)F)cc3)cc2C)cc1. The lowest BCUT2D eigenvalue weighted by molar-refractivity contribution is -0.148. The van der Waals surface area contributed by atoms with Crippen molar-refractivity contribution in [1.82, 2.24) is 0 Å². The molecule has 0 aliphatic carbocycles. The molecule has 0 aliphatic rings. The van der Waals surface area contributed by atoms with Crippen molar-refractivity contribution in [1.29, 1.82) is 0 Å². The maximum Gasteiger partial charge on any atom is 0.369 e. The first-order valence-corrected chi connectivity index (χ1v) is 11.7. The third-order valence-corrected chi connectivity index (χ3v) is 4.98. The third kappa shape index (κ3) is 9.70.